The van der Waals surface area contributed by atoms with E-state index in [1.165, 1.54) is 60.1 Å². The SMILES string of the molecule is c1ccc(-c2ccc(-c3ccc4ccc5c(-c6ccc(-c7cccnc7)cc6)ccc6ccc3c4c65)cc2)nc1. The molecule has 0 atom stereocenters. The minimum Gasteiger partial charge on any atom is -0.264 e. The standard InChI is InChI=1S/C38H24N2/c1-2-23-40-36(5-1)28-12-10-27(11-13-28)33-19-15-30-16-20-34-32(18-14-29-17-21-35(33)38(30)37(29)34)26-8-6-25(7-9-26)31-4-3-22-39-24-31/h1-24H. The molecule has 0 radical (unpaired) electrons. The lowest BCUT2D eigenvalue weighted by atomic mass is 9.87. The van der Waals surface area contributed by atoms with Crippen LogP contribution in [-0.2, 0) is 0 Å². The highest BCUT2D eigenvalue weighted by Crippen LogP contribution is 2.42. The molecule has 0 amide bonds. The van der Waals surface area contributed by atoms with Crippen molar-refractivity contribution in [1.29, 1.82) is 0 Å². The van der Waals surface area contributed by atoms with E-state index in [0.29, 0.717) is 0 Å². The van der Waals surface area contributed by atoms with Gasteiger partial charge in [-0.2, -0.15) is 0 Å². The van der Waals surface area contributed by atoms with Gasteiger partial charge in [0.05, 0.1) is 5.69 Å². The summed E-state index contributed by atoms with van der Waals surface area (Å²) in [5, 5.41) is 7.76. The molecule has 2 heterocycles. The van der Waals surface area contributed by atoms with Crippen LogP contribution in [0.4, 0.5) is 0 Å². The molecule has 186 valence electrons. The molecule has 8 rings (SSSR count). The van der Waals surface area contributed by atoms with E-state index in [1.54, 1.807) is 0 Å². The summed E-state index contributed by atoms with van der Waals surface area (Å²) in [5.74, 6) is 0. The number of aromatic nitrogens is 2. The highest BCUT2D eigenvalue weighted by molar-refractivity contribution is 6.27. The van der Waals surface area contributed by atoms with Crippen molar-refractivity contribution >= 4 is 32.3 Å². The highest BCUT2D eigenvalue weighted by atomic mass is 14.7. The highest BCUT2D eigenvalue weighted by Gasteiger charge is 2.15. The second-order valence-electron chi connectivity index (χ2n) is 10.3. The third-order valence-corrected chi connectivity index (χ3v) is 8.01. The summed E-state index contributed by atoms with van der Waals surface area (Å²) in [6, 6.07) is 45.9. The molecular weight excluding hydrogens is 484 g/mol. The first-order valence-electron chi connectivity index (χ1n) is 13.6. The monoisotopic (exact) mass is 508 g/mol. The summed E-state index contributed by atoms with van der Waals surface area (Å²) < 4.78 is 0. The minimum atomic E-state index is 0.991. The molecule has 40 heavy (non-hydrogen) atoms. The molecule has 0 aliphatic heterocycles. The predicted octanol–water partition coefficient (Wildman–Crippen LogP) is 10.0. The lowest BCUT2D eigenvalue weighted by molar-refractivity contribution is 1.33. The molecular formula is C38H24N2. The van der Waals surface area contributed by atoms with Crippen molar-refractivity contribution in [2.45, 2.75) is 0 Å². The average Bonchev–Trinajstić information content (AvgIpc) is 3.04. The van der Waals surface area contributed by atoms with Crippen molar-refractivity contribution in [3.05, 3.63) is 146 Å². The van der Waals surface area contributed by atoms with Gasteiger partial charge in [0.25, 0.3) is 0 Å². The average molecular weight is 509 g/mol. The fraction of sp³-hybridized carbons (Fsp3) is 0. The van der Waals surface area contributed by atoms with Crippen molar-refractivity contribution in [1.82, 2.24) is 9.97 Å². The normalized spacial score (nSPS) is 11.5. The van der Waals surface area contributed by atoms with Crippen molar-refractivity contribution in [2.75, 3.05) is 0 Å². The molecule has 8 aromatic rings. The van der Waals surface area contributed by atoms with Crippen LogP contribution in [0.15, 0.2) is 146 Å². The second-order valence-corrected chi connectivity index (χ2v) is 10.3. The Morgan fingerprint density at radius 1 is 0.375 bits per heavy atom. The smallest absolute Gasteiger partial charge is 0.0701 e. The summed E-state index contributed by atoms with van der Waals surface area (Å²) >= 11 is 0. The minimum absolute atomic E-state index is 0.991. The van der Waals surface area contributed by atoms with E-state index >= 15 is 0 Å². The van der Waals surface area contributed by atoms with Crippen LogP contribution in [0.2, 0.25) is 0 Å². The largest absolute Gasteiger partial charge is 0.264 e. The number of rotatable bonds is 4. The zero-order valence-electron chi connectivity index (χ0n) is 21.8. The van der Waals surface area contributed by atoms with Crippen LogP contribution in [0.25, 0.3) is 77.0 Å². The molecule has 2 heteroatoms. The number of nitrogens with zero attached hydrogens (tertiary/aromatic N) is 2. The van der Waals surface area contributed by atoms with Crippen LogP contribution in [0.3, 0.4) is 0 Å². The summed E-state index contributed by atoms with van der Waals surface area (Å²) in [4.78, 5) is 8.78. The Labute approximate surface area is 232 Å². The molecule has 0 unspecified atom stereocenters. The van der Waals surface area contributed by atoms with Gasteiger partial charge >= 0.3 is 0 Å². The Hall–Kier alpha value is -5.34. The van der Waals surface area contributed by atoms with Crippen LogP contribution >= 0.6 is 0 Å². The maximum atomic E-state index is 4.51. The van der Waals surface area contributed by atoms with E-state index in [9.17, 15) is 0 Å². The predicted molar refractivity (Wildman–Crippen MR) is 167 cm³/mol. The fourth-order valence-electron chi connectivity index (χ4n) is 6.03. The second kappa shape index (κ2) is 9.14. The first-order chi connectivity index (χ1) is 19.8. The van der Waals surface area contributed by atoms with E-state index in [4.69, 9.17) is 0 Å². The zero-order chi connectivity index (χ0) is 26.5. The molecule has 2 nitrogen and oxygen atoms in total. The molecule has 0 aliphatic rings. The van der Waals surface area contributed by atoms with Crippen LogP contribution in [0.1, 0.15) is 0 Å². The summed E-state index contributed by atoms with van der Waals surface area (Å²) in [6.07, 6.45) is 5.56. The van der Waals surface area contributed by atoms with E-state index in [2.05, 4.69) is 119 Å². The third-order valence-electron chi connectivity index (χ3n) is 8.01. The van der Waals surface area contributed by atoms with E-state index in [0.717, 1.165) is 16.8 Å². The first-order valence-corrected chi connectivity index (χ1v) is 13.6. The molecule has 0 saturated heterocycles. The molecule has 0 saturated carbocycles. The summed E-state index contributed by atoms with van der Waals surface area (Å²) in [7, 11) is 0. The number of pyridine rings is 2. The molecule has 0 N–H and O–H groups in total. The van der Waals surface area contributed by atoms with Gasteiger partial charge in [-0.25, -0.2) is 0 Å². The van der Waals surface area contributed by atoms with E-state index in [1.807, 2.05) is 36.8 Å². The van der Waals surface area contributed by atoms with Crippen molar-refractivity contribution in [2.24, 2.45) is 0 Å². The molecule has 6 aromatic carbocycles. The van der Waals surface area contributed by atoms with Gasteiger partial charge in [-0.3, -0.25) is 9.97 Å². The topological polar surface area (TPSA) is 25.8 Å². The quantitative estimate of drug-likeness (QED) is 0.221. The number of benzene rings is 6. The molecule has 2 aromatic heterocycles. The lowest BCUT2D eigenvalue weighted by Crippen LogP contribution is -1.90. The van der Waals surface area contributed by atoms with E-state index < -0.39 is 0 Å². The van der Waals surface area contributed by atoms with Gasteiger partial charge in [0, 0.05) is 24.2 Å². The van der Waals surface area contributed by atoms with Gasteiger partial charge in [-0.1, -0.05) is 109 Å². The Kier molecular flexibility index (Phi) is 5.17. The molecule has 0 spiro atoms. The van der Waals surface area contributed by atoms with Crippen LogP contribution in [0, 0.1) is 0 Å². The van der Waals surface area contributed by atoms with Gasteiger partial charge < -0.3 is 0 Å². The van der Waals surface area contributed by atoms with Gasteiger partial charge in [0.2, 0.25) is 0 Å². The molecule has 0 fully saturated rings. The fourth-order valence-corrected chi connectivity index (χ4v) is 6.03. The van der Waals surface area contributed by atoms with Gasteiger partial charge in [-0.15, -0.1) is 0 Å². The Balaban J connectivity index is 1.27. The lowest BCUT2D eigenvalue weighted by Gasteiger charge is -2.17. The van der Waals surface area contributed by atoms with Crippen molar-refractivity contribution in [3.8, 4) is 44.6 Å². The van der Waals surface area contributed by atoms with Gasteiger partial charge in [0.15, 0.2) is 0 Å². The van der Waals surface area contributed by atoms with E-state index in [-0.39, 0.29) is 0 Å². The third kappa shape index (κ3) is 3.65. The number of hydrogen-bond acceptors (Lipinski definition) is 2. The molecule has 0 aliphatic carbocycles. The zero-order valence-corrected chi connectivity index (χ0v) is 21.8. The van der Waals surface area contributed by atoms with Crippen LogP contribution < -0.4 is 0 Å². The Bertz CT molecular complexity index is 1960. The summed E-state index contributed by atoms with van der Waals surface area (Å²) in [5.41, 5.74) is 9.36. The Morgan fingerprint density at radius 3 is 1.50 bits per heavy atom. The van der Waals surface area contributed by atoms with Gasteiger partial charge in [0.1, 0.15) is 0 Å². The first kappa shape index (κ1) is 22.6. The van der Waals surface area contributed by atoms with Crippen LogP contribution in [0.5, 0.6) is 0 Å². The Morgan fingerprint density at radius 2 is 0.950 bits per heavy atom. The van der Waals surface area contributed by atoms with Gasteiger partial charge in [-0.05, 0) is 83.9 Å². The van der Waals surface area contributed by atoms with Crippen molar-refractivity contribution < 1.29 is 0 Å². The maximum Gasteiger partial charge on any atom is 0.0701 e. The summed E-state index contributed by atoms with van der Waals surface area (Å²) in [6.45, 7) is 0. The van der Waals surface area contributed by atoms with Crippen LogP contribution in [-0.4, -0.2) is 9.97 Å². The maximum absolute atomic E-state index is 4.51. The molecule has 0 bridgehead atoms. The van der Waals surface area contributed by atoms with Crippen molar-refractivity contribution in [3.63, 3.8) is 0 Å². The number of hydrogen-bond donors (Lipinski definition) is 0.